The molecule has 0 saturated heterocycles. The predicted octanol–water partition coefficient (Wildman–Crippen LogP) is 2.17. The van der Waals surface area contributed by atoms with Crippen molar-refractivity contribution in [2.24, 2.45) is 0 Å². The fraction of sp³-hybridized carbons (Fsp3) is 0.333. The lowest BCUT2D eigenvalue weighted by molar-refractivity contribution is 0.606. The van der Waals surface area contributed by atoms with Gasteiger partial charge in [0.25, 0.3) is 0 Å². The van der Waals surface area contributed by atoms with Crippen LogP contribution in [0.4, 0.5) is 5.69 Å². The fourth-order valence-corrected chi connectivity index (χ4v) is 2.43. The van der Waals surface area contributed by atoms with Gasteiger partial charge in [-0.15, -0.1) is 11.8 Å². The molecule has 0 aromatic heterocycles. The average Bonchev–Trinajstić information content (AvgIpc) is 2.06. The van der Waals surface area contributed by atoms with Crippen LogP contribution in [0.15, 0.2) is 29.2 Å². The highest BCUT2D eigenvalue weighted by atomic mass is 32.2. The van der Waals surface area contributed by atoms with Gasteiger partial charge in [-0.2, -0.15) is 0 Å². The molecule has 5 heteroatoms. The van der Waals surface area contributed by atoms with Crippen LogP contribution in [-0.2, 0) is 10.0 Å². The maximum absolute atomic E-state index is 11.0. The summed E-state index contributed by atoms with van der Waals surface area (Å²) < 4.78 is 24.6. The van der Waals surface area contributed by atoms with Crippen molar-refractivity contribution < 1.29 is 8.42 Å². The summed E-state index contributed by atoms with van der Waals surface area (Å²) >= 11 is 1.62. The third-order valence-corrected chi connectivity index (χ3v) is 3.03. The van der Waals surface area contributed by atoms with Crippen molar-refractivity contribution in [3.8, 4) is 0 Å². The first-order chi connectivity index (χ1) is 6.53. The topological polar surface area (TPSA) is 46.2 Å². The SMILES string of the molecule is CCSc1ccccc1NS(C)(=O)=O. The highest BCUT2D eigenvalue weighted by molar-refractivity contribution is 7.99. The number of para-hydroxylation sites is 1. The van der Waals surface area contributed by atoms with Gasteiger partial charge in [0.05, 0.1) is 11.9 Å². The molecule has 1 aromatic rings. The van der Waals surface area contributed by atoms with Gasteiger partial charge in [0.15, 0.2) is 0 Å². The quantitative estimate of drug-likeness (QED) is 0.808. The zero-order valence-electron chi connectivity index (χ0n) is 8.15. The molecule has 0 amide bonds. The first kappa shape index (κ1) is 11.4. The molecule has 0 aliphatic carbocycles. The number of nitrogens with one attached hydrogen (secondary N) is 1. The second-order valence-electron chi connectivity index (χ2n) is 2.80. The molecule has 0 aliphatic heterocycles. The zero-order valence-corrected chi connectivity index (χ0v) is 9.78. The molecule has 1 N–H and O–H groups in total. The molecule has 0 saturated carbocycles. The van der Waals surface area contributed by atoms with Crippen LogP contribution < -0.4 is 4.72 Å². The van der Waals surface area contributed by atoms with Crippen LogP contribution in [-0.4, -0.2) is 20.4 Å². The predicted molar refractivity (Wildman–Crippen MR) is 61.3 cm³/mol. The second-order valence-corrected chi connectivity index (χ2v) is 5.86. The first-order valence-corrected chi connectivity index (χ1v) is 7.10. The van der Waals surface area contributed by atoms with Gasteiger partial charge in [-0.3, -0.25) is 4.72 Å². The Morgan fingerprint density at radius 1 is 1.36 bits per heavy atom. The number of rotatable bonds is 4. The minimum atomic E-state index is -3.18. The van der Waals surface area contributed by atoms with Gasteiger partial charge in [0.1, 0.15) is 0 Å². The fourth-order valence-electron chi connectivity index (χ4n) is 1.03. The molecule has 0 heterocycles. The van der Waals surface area contributed by atoms with Gasteiger partial charge in [0, 0.05) is 4.90 Å². The van der Waals surface area contributed by atoms with E-state index in [1.165, 1.54) is 0 Å². The first-order valence-electron chi connectivity index (χ1n) is 4.22. The van der Waals surface area contributed by atoms with Crippen LogP contribution in [0.1, 0.15) is 6.92 Å². The smallest absolute Gasteiger partial charge is 0.229 e. The Morgan fingerprint density at radius 3 is 2.57 bits per heavy atom. The highest BCUT2D eigenvalue weighted by Gasteiger charge is 2.05. The lowest BCUT2D eigenvalue weighted by Crippen LogP contribution is -2.10. The molecule has 3 nitrogen and oxygen atoms in total. The third kappa shape index (κ3) is 3.59. The lowest BCUT2D eigenvalue weighted by atomic mass is 10.3. The Balaban J connectivity index is 2.95. The molecule has 78 valence electrons. The Morgan fingerprint density at radius 2 is 2.00 bits per heavy atom. The Labute approximate surface area is 89.0 Å². The number of thioether (sulfide) groups is 1. The van der Waals surface area contributed by atoms with E-state index >= 15 is 0 Å². The van der Waals surface area contributed by atoms with Gasteiger partial charge in [-0.25, -0.2) is 8.42 Å². The van der Waals surface area contributed by atoms with Crippen molar-refractivity contribution in [2.75, 3.05) is 16.7 Å². The third-order valence-electron chi connectivity index (χ3n) is 1.48. The average molecular weight is 231 g/mol. The van der Waals surface area contributed by atoms with Gasteiger partial charge in [0.2, 0.25) is 10.0 Å². The van der Waals surface area contributed by atoms with Crippen molar-refractivity contribution >= 4 is 27.5 Å². The van der Waals surface area contributed by atoms with Crippen LogP contribution >= 0.6 is 11.8 Å². The summed E-state index contributed by atoms with van der Waals surface area (Å²) in [6.45, 7) is 2.03. The van der Waals surface area contributed by atoms with Crippen molar-refractivity contribution in [1.29, 1.82) is 0 Å². The monoisotopic (exact) mass is 231 g/mol. The van der Waals surface area contributed by atoms with E-state index in [2.05, 4.69) is 4.72 Å². The van der Waals surface area contributed by atoms with E-state index in [9.17, 15) is 8.42 Å². The van der Waals surface area contributed by atoms with E-state index in [-0.39, 0.29) is 0 Å². The van der Waals surface area contributed by atoms with Crippen LogP contribution in [0.25, 0.3) is 0 Å². The lowest BCUT2D eigenvalue weighted by Gasteiger charge is -2.08. The minimum Gasteiger partial charge on any atom is -0.283 e. The van der Waals surface area contributed by atoms with E-state index < -0.39 is 10.0 Å². The van der Waals surface area contributed by atoms with E-state index in [4.69, 9.17) is 0 Å². The summed E-state index contributed by atoms with van der Waals surface area (Å²) in [6.07, 6.45) is 1.15. The van der Waals surface area contributed by atoms with Gasteiger partial charge in [-0.05, 0) is 17.9 Å². The molecule has 14 heavy (non-hydrogen) atoms. The summed E-state index contributed by atoms with van der Waals surface area (Å²) in [5, 5.41) is 0. The van der Waals surface area contributed by atoms with Gasteiger partial charge in [-0.1, -0.05) is 19.1 Å². The summed E-state index contributed by atoms with van der Waals surface area (Å²) in [5.74, 6) is 0.919. The Bertz CT molecular complexity index is 401. The molecule has 0 fully saturated rings. The zero-order chi connectivity index (χ0) is 10.6. The normalized spacial score (nSPS) is 11.3. The summed E-state index contributed by atoms with van der Waals surface area (Å²) in [5.41, 5.74) is 0.654. The van der Waals surface area contributed by atoms with E-state index in [0.29, 0.717) is 5.69 Å². The van der Waals surface area contributed by atoms with E-state index in [1.807, 2.05) is 25.1 Å². The largest absolute Gasteiger partial charge is 0.283 e. The number of hydrogen-bond donors (Lipinski definition) is 1. The highest BCUT2D eigenvalue weighted by Crippen LogP contribution is 2.26. The minimum absolute atomic E-state index is 0.654. The molecule has 0 aliphatic rings. The van der Waals surface area contributed by atoms with Crippen molar-refractivity contribution in [1.82, 2.24) is 0 Å². The second kappa shape index (κ2) is 4.70. The molecular weight excluding hydrogens is 218 g/mol. The standard InChI is InChI=1S/C9H13NO2S2/c1-3-13-9-7-5-4-6-8(9)10-14(2,11)12/h4-7,10H,3H2,1-2H3. The number of anilines is 1. The van der Waals surface area contributed by atoms with Gasteiger partial charge >= 0.3 is 0 Å². The van der Waals surface area contributed by atoms with E-state index in [0.717, 1.165) is 16.9 Å². The summed E-state index contributed by atoms with van der Waals surface area (Å²) in [7, 11) is -3.18. The van der Waals surface area contributed by atoms with Crippen LogP contribution in [0.2, 0.25) is 0 Å². The Kier molecular flexibility index (Phi) is 3.83. The van der Waals surface area contributed by atoms with E-state index in [1.54, 1.807) is 17.8 Å². The Hall–Kier alpha value is -0.680. The van der Waals surface area contributed by atoms with Gasteiger partial charge < -0.3 is 0 Å². The van der Waals surface area contributed by atoms with Crippen molar-refractivity contribution in [3.63, 3.8) is 0 Å². The number of benzene rings is 1. The molecule has 0 radical (unpaired) electrons. The maximum atomic E-state index is 11.0. The molecule has 0 atom stereocenters. The van der Waals surface area contributed by atoms with Crippen LogP contribution in [0, 0.1) is 0 Å². The maximum Gasteiger partial charge on any atom is 0.229 e. The van der Waals surface area contributed by atoms with Crippen molar-refractivity contribution in [2.45, 2.75) is 11.8 Å². The summed E-state index contributed by atoms with van der Waals surface area (Å²) in [4.78, 5) is 0.959. The van der Waals surface area contributed by atoms with Crippen molar-refractivity contribution in [3.05, 3.63) is 24.3 Å². The summed E-state index contributed by atoms with van der Waals surface area (Å²) in [6, 6.07) is 7.37. The van der Waals surface area contributed by atoms with Crippen LogP contribution in [0.5, 0.6) is 0 Å². The van der Waals surface area contributed by atoms with Crippen LogP contribution in [0.3, 0.4) is 0 Å². The molecule has 1 aromatic carbocycles. The molecule has 0 bridgehead atoms. The molecule has 0 spiro atoms. The number of sulfonamides is 1. The molecule has 0 unspecified atom stereocenters. The number of hydrogen-bond acceptors (Lipinski definition) is 3. The molecule has 1 rings (SSSR count). The molecular formula is C9H13NO2S2.